The highest BCUT2D eigenvalue weighted by Gasteiger charge is 2.27. The number of rotatable bonds is 8. The Morgan fingerprint density at radius 1 is 1.39 bits per heavy atom. The van der Waals surface area contributed by atoms with Gasteiger partial charge in [-0.25, -0.2) is 0 Å². The Morgan fingerprint density at radius 3 is 2.89 bits per heavy atom. The maximum Gasteiger partial charge on any atom is 0.242 e. The van der Waals surface area contributed by atoms with Crippen LogP contribution in [0.4, 0.5) is 0 Å². The van der Waals surface area contributed by atoms with Gasteiger partial charge in [-0.1, -0.05) is 11.6 Å². The molecule has 0 radical (unpaired) electrons. The van der Waals surface area contributed by atoms with E-state index in [0.29, 0.717) is 30.2 Å². The van der Waals surface area contributed by atoms with Gasteiger partial charge in [-0.15, -0.1) is 0 Å². The number of carbonyl (C=O) groups is 2. The van der Waals surface area contributed by atoms with E-state index in [-0.39, 0.29) is 17.9 Å². The van der Waals surface area contributed by atoms with Crippen molar-refractivity contribution < 1.29 is 14.3 Å². The maximum atomic E-state index is 12.5. The van der Waals surface area contributed by atoms with E-state index >= 15 is 0 Å². The molecule has 0 saturated heterocycles. The second-order valence-electron chi connectivity index (χ2n) is 6.68. The minimum atomic E-state index is -0.525. The average Bonchev–Trinajstić information content (AvgIpc) is 3.32. The fourth-order valence-electron chi connectivity index (χ4n) is 3.18. The summed E-state index contributed by atoms with van der Waals surface area (Å²) >= 11 is 9.71. The maximum absolute atomic E-state index is 12.5. The van der Waals surface area contributed by atoms with Gasteiger partial charge in [0.1, 0.15) is 17.9 Å². The zero-order valence-electron chi connectivity index (χ0n) is 15.8. The van der Waals surface area contributed by atoms with Crippen molar-refractivity contribution in [1.82, 2.24) is 10.6 Å². The first-order chi connectivity index (χ1) is 13.5. The lowest BCUT2D eigenvalue weighted by atomic mass is 10.0. The first-order valence-corrected chi connectivity index (χ1v) is 11.7. The molecule has 0 bridgehead atoms. The van der Waals surface area contributed by atoms with Crippen LogP contribution in [0.15, 0.2) is 29.0 Å². The summed E-state index contributed by atoms with van der Waals surface area (Å²) in [6.45, 7) is 1.79. The van der Waals surface area contributed by atoms with Crippen molar-refractivity contribution in [3.8, 4) is 16.9 Å². The summed E-state index contributed by atoms with van der Waals surface area (Å²) in [5.41, 5.74) is 3.26. The van der Waals surface area contributed by atoms with Gasteiger partial charge in [0.2, 0.25) is 11.8 Å². The predicted molar refractivity (Wildman–Crippen MR) is 116 cm³/mol. The number of benzene rings is 1. The number of hydrogen-bond acceptors (Lipinski definition) is 5. The second-order valence-corrected chi connectivity index (χ2v) is 8.85. The van der Waals surface area contributed by atoms with Crippen molar-refractivity contribution in [1.29, 1.82) is 0 Å². The molecule has 5 nitrogen and oxygen atoms in total. The van der Waals surface area contributed by atoms with Crippen LogP contribution in [-0.4, -0.2) is 42.5 Å². The molecule has 0 aliphatic carbocycles. The first kappa shape index (κ1) is 21.0. The van der Waals surface area contributed by atoms with Crippen LogP contribution in [0.3, 0.4) is 0 Å². The van der Waals surface area contributed by atoms with E-state index in [2.05, 4.69) is 28.1 Å². The molecule has 1 aliphatic rings. The lowest BCUT2D eigenvalue weighted by Crippen LogP contribution is -2.48. The smallest absolute Gasteiger partial charge is 0.242 e. The quantitative estimate of drug-likeness (QED) is 0.658. The molecule has 2 amide bonds. The van der Waals surface area contributed by atoms with Crippen molar-refractivity contribution >= 4 is 46.5 Å². The van der Waals surface area contributed by atoms with Crippen LogP contribution in [-0.2, 0) is 16.0 Å². The lowest BCUT2D eigenvalue weighted by Gasteiger charge is -2.19. The van der Waals surface area contributed by atoms with Crippen molar-refractivity contribution in [2.24, 2.45) is 0 Å². The molecule has 2 heterocycles. The Bertz CT molecular complexity index is 842. The van der Waals surface area contributed by atoms with Gasteiger partial charge < -0.3 is 15.4 Å². The van der Waals surface area contributed by atoms with Gasteiger partial charge in [0.05, 0.1) is 11.6 Å². The summed E-state index contributed by atoms with van der Waals surface area (Å²) in [5, 5.41) is 10.3. The minimum absolute atomic E-state index is 0.173. The van der Waals surface area contributed by atoms with Crippen LogP contribution < -0.4 is 15.4 Å². The molecule has 3 rings (SSSR count). The normalized spacial score (nSPS) is 16.2. The number of hydrogen-bond donors (Lipinski definition) is 2. The summed E-state index contributed by atoms with van der Waals surface area (Å²) in [7, 11) is 0. The molecular formula is C20H23ClN2O3S2. The molecule has 1 aliphatic heterocycles. The SMILES string of the molecule is CSCC[C@H](NC(C)=O)C(=O)NC[C@H]1Cc2cc(-c3ccsc3)cc(Cl)c2O1. The highest BCUT2D eigenvalue weighted by Crippen LogP contribution is 2.39. The second kappa shape index (κ2) is 9.67. The molecule has 8 heteroatoms. The number of carbonyl (C=O) groups excluding carboxylic acids is 2. The van der Waals surface area contributed by atoms with Crippen molar-refractivity contribution in [2.75, 3.05) is 18.6 Å². The summed E-state index contributed by atoms with van der Waals surface area (Å²) < 4.78 is 5.97. The number of ether oxygens (including phenoxy) is 1. The van der Waals surface area contributed by atoms with Crippen molar-refractivity contribution in [2.45, 2.75) is 31.9 Å². The largest absolute Gasteiger partial charge is 0.486 e. The number of nitrogens with one attached hydrogen (secondary N) is 2. The molecular weight excluding hydrogens is 416 g/mol. The van der Waals surface area contributed by atoms with Gasteiger partial charge >= 0.3 is 0 Å². The predicted octanol–water partition coefficient (Wildman–Crippen LogP) is 3.75. The highest BCUT2D eigenvalue weighted by atomic mass is 35.5. The summed E-state index contributed by atoms with van der Waals surface area (Å²) in [6.07, 6.45) is 3.07. The third-order valence-corrected chi connectivity index (χ3v) is 6.12. The van der Waals surface area contributed by atoms with Crippen molar-refractivity contribution in [3.05, 3.63) is 39.5 Å². The molecule has 2 atom stereocenters. The Labute approximate surface area is 178 Å². The lowest BCUT2D eigenvalue weighted by molar-refractivity contribution is -0.128. The third kappa shape index (κ3) is 5.21. The molecule has 1 aromatic heterocycles. The molecule has 2 aromatic rings. The van der Waals surface area contributed by atoms with Gasteiger partial charge in [0, 0.05) is 18.9 Å². The van der Waals surface area contributed by atoms with Crippen LogP contribution in [0.5, 0.6) is 5.75 Å². The van der Waals surface area contributed by atoms with Gasteiger partial charge in [0.25, 0.3) is 0 Å². The zero-order valence-corrected chi connectivity index (χ0v) is 18.2. The first-order valence-electron chi connectivity index (χ1n) is 9.03. The number of halogens is 1. The van der Waals surface area contributed by atoms with Gasteiger partial charge in [-0.05, 0) is 58.5 Å². The highest BCUT2D eigenvalue weighted by molar-refractivity contribution is 7.98. The molecule has 1 aromatic carbocycles. The number of thioether (sulfide) groups is 1. The molecule has 150 valence electrons. The monoisotopic (exact) mass is 438 g/mol. The Hall–Kier alpha value is -1.70. The number of thiophene rings is 1. The Balaban J connectivity index is 1.60. The van der Waals surface area contributed by atoms with Gasteiger partial charge in [-0.3, -0.25) is 9.59 Å². The van der Waals surface area contributed by atoms with E-state index < -0.39 is 6.04 Å². The molecule has 0 saturated carbocycles. The van der Waals surface area contributed by atoms with E-state index in [1.54, 1.807) is 23.1 Å². The molecule has 2 N–H and O–H groups in total. The summed E-state index contributed by atoms with van der Waals surface area (Å²) in [4.78, 5) is 23.8. The Morgan fingerprint density at radius 2 is 2.21 bits per heavy atom. The molecule has 28 heavy (non-hydrogen) atoms. The Kier molecular flexibility index (Phi) is 7.26. The zero-order chi connectivity index (χ0) is 20.1. The van der Waals surface area contributed by atoms with Crippen molar-refractivity contribution in [3.63, 3.8) is 0 Å². The van der Waals surface area contributed by atoms with E-state index in [9.17, 15) is 9.59 Å². The van der Waals surface area contributed by atoms with Crippen LogP contribution in [0.1, 0.15) is 18.9 Å². The van der Waals surface area contributed by atoms with E-state index in [0.717, 1.165) is 22.4 Å². The third-order valence-electron chi connectivity index (χ3n) is 4.52. The molecule has 0 spiro atoms. The van der Waals surface area contributed by atoms with E-state index in [1.165, 1.54) is 6.92 Å². The average molecular weight is 439 g/mol. The number of fused-ring (bicyclic) bond motifs is 1. The summed E-state index contributed by atoms with van der Waals surface area (Å²) in [6, 6.07) is 5.55. The van der Waals surface area contributed by atoms with Crippen LogP contribution in [0.25, 0.3) is 11.1 Å². The standard InChI is InChI=1S/C20H23ClN2O3S2/c1-12(24)23-18(4-5-27-2)20(25)22-10-16-8-15-7-14(13-3-6-28-11-13)9-17(21)19(15)26-16/h3,6-7,9,11,16,18H,4-5,8,10H2,1-2H3,(H,22,25)(H,23,24)/t16-,18+/m1/s1. The number of amides is 2. The topological polar surface area (TPSA) is 67.4 Å². The summed E-state index contributed by atoms with van der Waals surface area (Å²) in [5.74, 6) is 1.10. The van der Waals surface area contributed by atoms with E-state index in [1.807, 2.05) is 17.7 Å². The van der Waals surface area contributed by atoms with Crippen LogP contribution in [0, 0.1) is 0 Å². The van der Waals surface area contributed by atoms with Gasteiger partial charge in [-0.2, -0.15) is 23.1 Å². The van der Waals surface area contributed by atoms with E-state index in [4.69, 9.17) is 16.3 Å². The minimum Gasteiger partial charge on any atom is -0.486 e. The fourth-order valence-corrected chi connectivity index (χ4v) is 4.60. The molecule has 0 fully saturated rings. The molecule has 0 unspecified atom stereocenters. The van der Waals surface area contributed by atoms with Crippen LogP contribution >= 0.6 is 34.7 Å². The van der Waals surface area contributed by atoms with Crippen LogP contribution in [0.2, 0.25) is 5.02 Å². The van der Waals surface area contributed by atoms with Gasteiger partial charge in [0.15, 0.2) is 0 Å². The fraction of sp³-hybridized carbons (Fsp3) is 0.400.